The van der Waals surface area contributed by atoms with Crippen LogP contribution in [0.5, 0.6) is 0 Å². The fourth-order valence-corrected chi connectivity index (χ4v) is 3.26. The third kappa shape index (κ3) is 4.78. The number of anilines is 1. The van der Waals surface area contributed by atoms with Crippen LogP contribution < -0.4 is 10.2 Å². The molecule has 0 bridgehead atoms. The lowest BCUT2D eigenvalue weighted by atomic mass is 10.0. The molecule has 0 aromatic heterocycles. The quantitative estimate of drug-likeness (QED) is 0.752. The van der Waals surface area contributed by atoms with Gasteiger partial charge in [-0.15, -0.1) is 0 Å². The summed E-state index contributed by atoms with van der Waals surface area (Å²) < 4.78 is 1.18. The average Bonchev–Trinajstić information content (AvgIpc) is 2.37. The van der Waals surface area contributed by atoms with Crippen LogP contribution in [0.15, 0.2) is 22.7 Å². The van der Waals surface area contributed by atoms with Crippen molar-refractivity contribution in [2.75, 3.05) is 18.5 Å². The maximum absolute atomic E-state index is 3.73. The summed E-state index contributed by atoms with van der Waals surface area (Å²) in [5.74, 6) is 0.722. The molecule has 0 saturated heterocycles. The number of rotatable bonds is 7. The molecule has 1 rings (SSSR count). The summed E-state index contributed by atoms with van der Waals surface area (Å²) in [5.41, 5.74) is 2.60. The highest BCUT2D eigenvalue weighted by atomic mass is 79.9. The number of hydrogen-bond acceptors (Lipinski definition) is 2. The summed E-state index contributed by atoms with van der Waals surface area (Å²) in [6, 6.07) is 7.63. The van der Waals surface area contributed by atoms with Gasteiger partial charge in [0.25, 0.3) is 0 Å². The van der Waals surface area contributed by atoms with Crippen molar-refractivity contribution >= 4 is 21.6 Å². The molecule has 0 aliphatic carbocycles. The Morgan fingerprint density at radius 2 is 1.85 bits per heavy atom. The van der Waals surface area contributed by atoms with Crippen molar-refractivity contribution in [2.24, 2.45) is 5.92 Å². The van der Waals surface area contributed by atoms with E-state index in [0.29, 0.717) is 12.1 Å². The lowest BCUT2D eigenvalue weighted by Gasteiger charge is -2.29. The minimum absolute atomic E-state index is 0.392. The van der Waals surface area contributed by atoms with Crippen LogP contribution in [0.1, 0.15) is 52.6 Å². The van der Waals surface area contributed by atoms with Crippen LogP contribution in [0.4, 0.5) is 5.69 Å². The van der Waals surface area contributed by atoms with Crippen LogP contribution in [0.25, 0.3) is 0 Å². The highest BCUT2D eigenvalue weighted by Crippen LogP contribution is 2.30. The van der Waals surface area contributed by atoms with Crippen molar-refractivity contribution in [3.05, 3.63) is 28.2 Å². The fourth-order valence-electron chi connectivity index (χ4n) is 2.58. The first-order valence-electron chi connectivity index (χ1n) is 7.62. The van der Waals surface area contributed by atoms with Crippen molar-refractivity contribution in [2.45, 2.75) is 53.1 Å². The van der Waals surface area contributed by atoms with Gasteiger partial charge in [0.2, 0.25) is 0 Å². The first kappa shape index (κ1) is 17.5. The lowest BCUT2D eigenvalue weighted by Crippen LogP contribution is -2.30. The van der Waals surface area contributed by atoms with Gasteiger partial charge in [0, 0.05) is 23.6 Å². The highest BCUT2D eigenvalue weighted by Gasteiger charge is 2.15. The zero-order chi connectivity index (χ0) is 15.3. The molecule has 0 spiro atoms. The molecule has 0 heterocycles. The Balaban J connectivity index is 2.87. The lowest BCUT2D eigenvalue weighted by molar-refractivity contribution is 0.504. The Kier molecular flexibility index (Phi) is 7.04. The van der Waals surface area contributed by atoms with E-state index < -0.39 is 0 Å². The molecule has 2 atom stereocenters. The van der Waals surface area contributed by atoms with Gasteiger partial charge in [0.05, 0.1) is 5.69 Å². The summed E-state index contributed by atoms with van der Waals surface area (Å²) in [5, 5.41) is 3.45. The predicted molar refractivity (Wildman–Crippen MR) is 93.6 cm³/mol. The normalized spacial score (nSPS) is 14.4. The van der Waals surface area contributed by atoms with Gasteiger partial charge in [-0.1, -0.05) is 26.8 Å². The molecule has 0 aliphatic heterocycles. The summed E-state index contributed by atoms with van der Waals surface area (Å²) in [4.78, 5) is 2.37. The van der Waals surface area contributed by atoms with Gasteiger partial charge >= 0.3 is 0 Å². The van der Waals surface area contributed by atoms with Crippen molar-refractivity contribution in [1.82, 2.24) is 5.32 Å². The molecule has 0 fully saturated rings. The van der Waals surface area contributed by atoms with Gasteiger partial charge in [-0.05, 0) is 66.4 Å². The zero-order valence-corrected chi connectivity index (χ0v) is 15.3. The molecule has 0 amide bonds. The molecule has 114 valence electrons. The van der Waals surface area contributed by atoms with E-state index in [0.717, 1.165) is 12.5 Å². The molecule has 0 aliphatic rings. The Morgan fingerprint density at radius 1 is 1.20 bits per heavy atom. The third-order valence-electron chi connectivity index (χ3n) is 3.84. The standard InChI is InChI=1S/C17H29BrN2/c1-7-19-14(5)15-8-9-17(16(18)11-15)20(6)13(4)10-12(2)3/h8-9,11-14,19H,7,10H2,1-6H3. The van der Waals surface area contributed by atoms with Crippen molar-refractivity contribution in [3.8, 4) is 0 Å². The summed E-state index contributed by atoms with van der Waals surface area (Å²) in [7, 11) is 2.18. The van der Waals surface area contributed by atoms with E-state index in [4.69, 9.17) is 0 Å². The number of halogens is 1. The zero-order valence-electron chi connectivity index (χ0n) is 13.7. The van der Waals surface area contributed by atoms with E-state index in [1.54, 1.807) is 0 Å². The largest absolute Gasteiger partial charge is 0.371 e. The van der Waals surface area contributed by atoms with Crippen LogP contribution in [0.2, 0.25) is 0 Å². The Labute approximate surface area is 133 Å². The molecule has 0 saturated carbocycles. The van der Waals surface area contributed by atoms with E-state index in [1.807, 2.05) is 0 Å². The van der Waals surface area contributed by atoms with E-state index in [-0.39, 0.29) is 0 Å². The Morgan fingerprint density at radius 3 is 2.35 bits per heavy atom. The molecule has 2 unspecified atom stereocenters. The Bertz CT molecular complexity index is 417. The number of benzene rings is 1. The SMILES string of the molecule is CCNC(C)c1ccc(N(C)C(C)CC(C)C)c(Br)c1. The first-order valence-corrected chi connectivity index (χ1v) is 8.41. The van der Waals surface area contributed by atoms with Gasteiger partial charge in [-0.3, -0.25) is 0 Å². The second-order valence-electron chi connectivity index (χ2n) is 6.08. The molecule has 2 nitrogen and oxygen atoms in total. The summed E-state index contributed by atoms with van der Waals surface area (Å²) >= 11 is 3.73. The van der Waals surface area contributed by atoms with Crippen molar-refractivity contribution in [1.29, 1.82) is 0 Å². The smallest absolute Gasteiger partial charge is 0.0510 e. The minimum Gasteiger partial charge on any atom is -0.371 e. The minimum atomic E-state index is 0.392. The number of hydrogen-bond donors (Lipinski definition) is 1. The van der Waals surface area contributed by atoms with E-state index >= 15 is 0 Å². The average molecular weight is 341 g/mol. The van der Waals surface area contributed by atoms with Gasteiger partial charge in [0.1, 0.15) is 0 Å². The van der Waals surface area contributed by atoms with Crippen LogP contribution in [0, 0.1) is 5.92 Å². The second kappa shape index (κ2) is 8.04. The summed E-state index contributed by atoms with van der Waals surface area (Å²) in [6.07, 6.45) is 1.21. The van der Waals surface area contributed by atoms with Crippen molar-refractivity contribution in [3.63, 3.8) is 0 Å². The van der Waals surface area contributed by atoms with Crippen LogP contribution in [-0.2, 0) is 0 Å². The van der Waals surface area contributed by atoms with Crippen LogP contribution in [0.3, 0.4) is 0 Å². The first-order chi connectivity index (χ1) is 9.36. The van der Waals surface area contributed by atoms with E-state index in [9.17, 15) is 0 Å². The summed E-state index contributed by atoms with van der Waals surface area (Å²) in [6.45, 7) is 12.2. The van der Waals surface area contributed by atoms with Crippen molar-refractivity contribution < 1.29 is 0 Å². The fraction of sp³-hybridized carbons (Fsp3) is 0.647. The molecule has 1 aromatic carbocycles. The number of nitrogens with zero attached hydrogens (tertiary/aromatic N) is 1. The maximum atomic E-state index is 3.73. The Hall–Kier alpha value is -0.540. The predicted octanol–water partition coefficient (Wildman–Crippen LogP) is 4.99. The topological polar surface area (TPSA) is 15.3 Å². The van der Waals surface area contributed by atoms with Crippen LogP contribution in [-0.4, -0.2) is 19.6 Å². The van der Waals surface area contributed by atoms with Crippen LogP contribution >= 0.6 is 15.9 Å². The second-order valence-corrected chi connectivity index (χ2v) is 6.93. The molecule has 1 aromatic rings. The molecule has 1 N–H and O–H groups in total. The number of nitrogens with one attached hydrogen (secondary N) is 1. The van der Waals surface area contributed by atoms with Gasteiger partial charge in [0.15, 0.2) is 0 Å². The van der Waals surface area contributed by atoms with Gasteiger partial charge in [-0.2, -0.15) is 0 Å². The van der Waals surface area contributed by atoms with E-state index in [1.165, 1.54) is 22.1 Å². The molecule has 20 heavy (non-hydrogen) atoms. The van der Waals surface area contributed by atoms with Gasteiger partial charge < -0.3 is 10.2 Å². The monoisotopic (exact) mass is 340 g/mol. The molecular weight excluding hydrogens is 312 g/mol. The third-order valence-corrected chi connectivity index (χ3v) is 4.47. The van der Waals surface area contributed by atoms with Gasteiger partial charge in [-0.25, -0.2) is 0 Å². The highest BCUT2D eigenvalue weighted by molar-refractivity contribution is 9.10. The maximum Gasteiger partial charge on any atom is 0.0510 e. The molecule has 0 radical (unpaired) electrons. The van der Waals surface area contributed by atoms with E-state index in [2.05, 4.69) is 86.0 Å². The molecule has 3 heteroatoms. The molecular formula is C17H29BrN2.